The highest BCUT2D eigenvalue weighted by atomic mass is 32.2. The van der Waals surface area contributed by atoms with Crippen molar-refractivity contribution in [3.63, 3.8) is 0 Å². The summed E-state index contributed by atoms with van der Waals surface area (Å²) < 4.78 is 1.85. The van der Waals surface area contributed by atoms with Crippen LogP contribution in [0.15, 0.2) is 35.6 Å². The smallest absolute Gasteiger partial charge is 0.257 e. The molecule has 0 aliphatic heterocycles. The zero-order chi connectivity index (χ0) is 13.0. The number of nitrogens with one attached hydrogen (secondary N) is 1. The number of rotatable bonds is 4. The van der Waals surface area contributed by atoms with Gasteiger partial charge in [0.15, 0.2) is 5.62 Å². The molecule has 2 aromatic heterocycles. The van der Waals surface area contributed by atoms with Gasteiger partial charge in [0, 0.05) is 25.6 Å². The maximum Gasteiger partial charge on any atom is 0.257 e. The van der Waals surface area contributed by atoms with Crippen LogP contribution in [0.25, 0.3) is 11.7 Å². The number of nitrogens with zero attached hydrogens (tertiary/aromatic N) is 2. The van der Waals surface area contributed by atoms with Gasteiger partial charge in [-0.05, 0) is 35.5 Å². The van der Waals surface area contributed by atoms with Crippen LogP contribution >= 0.6 is 11.8 Å². The molecule has 0 atom stereocenters. The van der Waals surface area contributed by atoms with Crippen molar-refractivity contribution < 1.29 is 9.59 Å². The van der Waals surface area contributed by atoms with E-state index in [2.05, 4.69) is 10.3 Å². The lowest BCUT2D eigenvalue weighted by molar-refractivity contribution is -0.116. The van der Waals surface area contributed by atoms with E-state index in [1.165, 1.54) is 7.05 Å². The molecule has 0 fully saturated rings. The van der Waals surface area contributed by atoms with E-state index in [1.54, 1.807) is 12.3 Å². The van der Waals surface area contributed by atoms with Crippen molar-refractivity contribution >= 4 is 35.0 Å². The van der Waals surface area contributed by atoms with Gasteiger partial charge in [-0.15, -0.1) is 0 Å². The first-order valence-corrected chi connectivity index (χ1v) is 6.09. The predicted octanol–water partition coefficient (Wildman–Crippen LogP) is 1.34. The van der Waals surface area contributed by atoms with E-state index in [9.17, 15) is 9.59 Å². The van der Waals surface area contributed by atoms with E-state index in [4.69, 9.17) is 0 Å². The molecule has 2 aromatic rings. The summed E-state index contributed by atoms with van der Waals surface area (Å²) in [6.07, 6.45) is 7.02. The number of likely N-dealkylation sites (N-methyl/N-ethyl adjacent to an activating group) is 1. The summed E-state index contributed by atoms with van der Waals surface area (Å²) in [7, 11) is 1.53. The van der Waals surface area contributed by atoms with E-state index in [1.807, 2.05) is 28.9 Å². The van der Waals surface area contributed by atoms with Crippen LogP contribution in [0.5, 0.6) is 0 Å². The summed E-state index contributed by atoms with van der Waals surface area (Å²) >= 11 is 0.855. The third-order valence-corrected chi connectivity index (χ3v) is 2.99. The summed E-state index contributed by atoms with van der Waals surface area (Å²) in [5.41, 5.74) is 2.29. The van der Waals surface area contributed by atoms with Crippen LogP contribution in [0.4, 0.5) is 0 Å². The average molecular weight is 261 g/mol. The Labute approximate surface area is 108 Å². The highest BCUT2D eigenvalue weighted by molar-refractivity contribution is 8.16. The summed E-state index contributed by atoms with van der Waals surface area (Å²) in [6, 6.07) is 3.69. The van der Waals surface area contributed by atoms with Crippen molar-refractivity contribution in [1.82, 2.24) is 14.7 Å². The molecule has 0 aliphatic carbocycles. The lowest BCUT2D eigenvalue weighted by Gasteiger charge is -2.02. The third kappa shape index (κ3) is 2.60. The minimum Gasteiger partial charge on any atom is -0.355 e. The van der Waals surface area contributed by atoms with E-state index in [0.29, 0.717) is 10.5 Å². The van der Waals surface area contributed by atoms with Crippen molar-refractivity contribution in [1.29, 1.82) is 0 Å². The summed E-state index contributed by atoms with van der Waals surface area (Å²) in [5, 5.41) is 2.50. The van der Waals surface area contributed by atoms with Crippen LogP contribution in [0.2, 0.25) is 0 Å². The number of thioether (sulfide) groups is 1. The van der Waals surface area contributed by atoms with Gasteiger partial charge in [0.05, 0.1) is 4.91 Å². The SMILES string of the molecule is CNC(=O)/C(=C/c1ccc2nccn2c1)SC=O. The number of hydrogen-bond acceptors (Lipinski definition) is 4. The maximum atomic E-state index is 11.5. The molecule has 2 heterocycles. The maximum absolute atomic E-state index is 11.5. The van der Waals surface area contributed by atoms with E-state index < -0.39 is 0 Å². The van der Waals surface area contributed by atoms with Gasteiger partial charge in [-0.1, -0.05) is 0 Å². The zero-order valence-electron chi connectivity index (χ0n) is 9.66. The van der Waals surface area contributed by atoms with Gasteiger partial charge in [-0.2, -0.15) is 0 Å². The highest BCUT2D eigenvalue weighted by Gasteiger charge is 2.08. The fourth-order valence-corrected chi connectivity index (χ4v) is 2.02. The molecule has 6 heteroatoms. The van der Waals surface area contributed by atoms with E-state index in [-0.39, 0.29) is 5.91 Å². The Morgan fingerprint density at radius 1 is 1.50 bits per heavy atom. The molecule has 18 heavy (non-hydrogen) atoms. The Morgan fingerprint density at radius 2 is 2.33 bits per heavy atom. The van der Waals surface area contributed by atoms with Gasteiger partial charge in [-0.25, -0.2) is 4.98 Å². The fourth-order valence-electron chi connectivity index (χ4n) is 1.50. The molecule has 0 saturated carbocycles. The molecule has 0 aliphatic rings. The normalized spacial score (nSPS) is 11.5. The van der Waals surface area contributed by atoms with Crippen molar-refractivity contribution in [3.05, 3.63) is 41.2 Å². The van der Waals surface area contributed by atoms with Crippen LogP contribution in [-0.4, -0.2) is 28.0 Å². The van der Waals surface area contributed by atoms with Gasteiger partial charge in [0.2, 0.25) is 0 Å². The van der Waals surface area contributed by atoms with Crippen molar-refractivity contribution in [2.45, 2.75) is 0 Å². The lowest BCUT2D eigenvalue weighted by Crippen LogP contribution is -2.18. The number of carbonyl (C=O) groups is 2. The van der Waals surface area contributed by atoms with Crippen LogP contribution in [-0.2, 0) is 9.59 Å². The highest BCUT2D eigenvalue weighted by Crippen LogP contribution is 2.17. The van der Waals surface area contributed by atoms with Gasteiger partial charge in [0.25, 0.3) is 5.91 Å². The largest absolute Gasteiger partial charge is 0.355 e. The second-order valence-electron chi connectivity index (χ2n) is 3.46. The molecule has 0 bridgehead atoms. The monoisotopic (exact) mass is 261 g/mol. The summed E-state index contributed by atoms with van der Waals surface area (Å²) in [5.74, 6) is -0.280. The number of aromatic nitrogens is 2. The minimum absolute atomic E-state index is 0.280. The van der Waals surface area contributed by atoms with E-state index in [0.717, 1.165) is 23.0 Å². The first kappa shape index (κ1) is 12.4. The quantitative estimate of drug-likeness (QED) is 0.666. The molecular weight excluding hydrogens is 250 g/mol. The Balaban J connectivity index is 2.38. The molecule has 0 unspecified atom stereocenters. The first-order valence-electron chi connectivity index (χ1n) is 5.21. The molecular formula is C12H11N3O2S. The molecule has 1 N–H and O–H groups in total. The predicted molar refractivity (Wildman–Crippen MR) is 71.6 cm³/mol. The first-order chi connectivity index (χ1) is 8.74. The molecule has 1 amide bonds. The minimum atomic E-state index is -0.280. The molecule has 2 rings (SSSR count). The Hall–Kier alpha value is -2.08. The van der Waals surface area contributed by atoms with Crippen molar-refractivity contribution in [3.8, 4) is 0 Å². The lowest BCUT2D eigenvalue weighted by atomic mass is 10.2. The number of amides is 1. The number of fused-ring (bicyclic) bond motifs is 1. The Kier molecular flexibility index (Phi) is 3.78. The number of imidazole rings is 1. The van der Waals surface area contributed by atoms with Crippen molar-refractivity contribution in [2.24, 2.45) is 0 Å². The standard InChI is InChI=1S/C12H11N3O2S/c1-13-12(17)10(18-8-16)6-9-2-3-11-14-4-5-15(11)7-9/h2-8H,1H3,(H,13,17)/b10-6-. The van der Waals surface area contributed by atoms with Gasteiger partial charge in [0.1, 0.15) is 5.65 Å². The molecule has 0 saturated heterocycles. The van der Waals surface area contributed by atoms with Gasteiger partial charge in [-0.3, -0.25) is 9.59 Å². The van der Waals surface area contributed by atoms with Gasteiger partial charge < -0.3 is 9.72 Å². The van der Waals surface area contributed by atoms with Crippen LogP contribution in [0, 0.1) is 0 Å². The molecule has 0 aromatic carbocycles. The summed E-state index contributed by atoms with van der Waals surface area (Å²) in [4.78, 5) is 26.5. The van der Waals surface area contributed by atoms with Crippen LogP contribution < -0.4 is 5.32 Å². The van der Waals surface area contributed by atoms with Crippen LogP contribution in [0.1, 0.15) is 5.56 Å². The third-order valence-electron chi connectivity index (χ3n) is 2.34. The number of carbonyl (C=O) groups excluding carboxylic acids is 2. The summed E-state index contributed by atoms with van der Waals surface area (Å²) in [6.45, 7) is 0. The Morgan fingerprint density at radius 3 is 3.06 bits per heavy atom. The second kappa shape index (κ2) is 5.50. The molecule has 0 radical (unpaired) electrons. The van der Waals surface area contributed by atoms with Crippen LogP contribution in [0.3, 0.4) is 0 Å². The molecule has 5 nitrogen and oxygen atoms in total. The number of hydrogen-bond donors (Lipinski definition) is 1. The van der Waals surface area contributed by atoms with Gasteiger partial charge >= 0.3 is 0 Å². The second-order valence-corrected chi connectivity index (χ2v) is 4.32. The zero-order valence-corrected chi connectivity index (χ0v) is 10.5. The Bertz CT molecular complexity index is 619. The average Bonchev–Trinajstić information content (AvgIpc) is 2.84. The fraction of sp³-hybridized carbons (Fsp3) is 0.0833. The molecule has 92 valence electrons. The van der Waals surface area contributed by atoms with E-state index >= 15 is 0 Å². The topological polar surface area (TPSA) is 63.5 Å². The number of pyridine rings is 1. The van der Waals surface area contributed by atoms with Crippen molar-refractivity contribution in [2.75, 3.05) is 7.05 Å². The molecule has 0 spiro atoms.